The Morgan fingerprint density at radius 2 is 2.00 bits per heavy atom. The largest absolute Gasteiger partial charge is 0.314 e. The molecule has 126 valence electrons. The summed E-state index contributed by atoms with van der Waals surface area (Å²) in [4.78, 5) is 0. The van der Waals surface area contributed by atoms with Crippen molar-refractivity contribution in [1.82, 2.24) is 14.3 Å². The zero-order valence-electron chi connectivity index (χ0n) is 14.3. The third-order valence-electron chi connectivity index (χ3n) is 3.92. The molecule has 1 rings (SSSR count). The van der Waals surface area contributed by atoms with Crippen LogP contribution in [-0.4, -0.2) is 43.9 Å². The van der Waals surface area contributed by atoms with E-state index in [2.05, 4.69) is 30.8 Å². The van der Waals surface area contributed by atoms with Gasteiger partial charge in [-0.2, -0.15) is 17.4 Å². The predicted molar refractivity (Wildman–Crippen MR) is 88.5 cm³/mol. The van der Waals surface area contributed by atoms with Gasteiger partial charge >= 0.3 is 0 Å². The van der Waals surface area contributed by atoms with E-state index in [-0.39, 0.29) is 5.54 Å². The van der Waals surface area contributed by atoms with Crippen LogP contribution in [0.5, 0.6) is 0 Å². The van der Waals surface area contributed by atoms with E-state index in [1.165, 1.54) is 0 Å². The summed E-state index contributed by atoms with van der Waals surface area (Å²) in [6.45, 7) is 12.4. The van der Waals surface area contributed by atoms with Crippen molar-refractivity contribution in [2.45, 2.75) is 71.9 Å². The quantitative estimate of drug-likeness (QED) is 0.720. The van der Waals surface area contributed by atoms with Gasteiger partial charge in [-0.3, -0.25) is 0 Å². The highest BCUT2D eigenvalue weighted by Crippen LogP contribution is 2.20. The van der Waals surface area contributed by atoms with Crippen molar-refractivity contribution in [3.8, 4) is 0 Å². The van der Waals surface area contributed by atoms with Crippen LogP contribution in [0.2, 0.25) is 0 Å². The first-order valence-corrected chi connectivity index (χ1v) is 9.62. The Kier molecular flexibility index (Phi) is 7.10. The molecule has 2 N–H and O–H groups in total. The van der Waals surface area contributed by atoms with E-state index in [4.69, 9.17) is 0 Å². The number of piperidine rings is 1. The Morgan fingerprint density at radius 1 is 1.33 bits per heavy atom. The predicted octanol–water partition coefficient (Wildman–Crippen LogP) is 2.11. The first kappa shape index (κ1) is 18.9. The summed E-state index contributed by atoms with van der Waals surface area (Å²) in [5.41, 5.74) is -0.378. The smallest absolute Gasteiger partial charge is 0.279 e. The van der Waals surface area contributed by atoms with Crippen molar-refractivity contribution in [1.29, 1.82) is 0 Å². The molecule has 0 aliphatic carbocycles. The Balaban J connectivity index is 2.61. The van der Waals surface area contributed by atoms with E-state index in [0.717, 1.165) is 32.2 Å². The lowest BCUT2D eigenvalue weighted by Crippen LogP contribution is -2.53. The zero-order valence-corrected chi connectivity index (χ0v) is 15.1. The second kappa shape index (κ2) is 7.90. The van der Waals surface area contributed by atoms with Crippen molar-refractivity contribution in [2.24, 2.45) is 5.92 Å². The molecule has 0 radical (unpaired) electrons. The topological polar surface area (TPSA) is 61.4 Å². The lowest BCUT2D eigenvalue weighted by molar-refractivity contribution is 0.249. The first-order chi connectivity index (χ1) is 9.66. The molecule has 1 aliphatic heterocycles. The van der Waals surface area contributed by atoms with Crippen molar-refractivity contribution >= 4 is 10.2 Å². The molecule has 0 spiro atoms. The van der Waals surface area contributed by atoms with Crippen molar-refractivity contribution in [3.63, 3.8) is 0 Å². The summed E-state index contributed by atoms with van der Waals surface area (Å²) in [5.74, 6) is 0.409. The summed E-state index contributed by atoms with van der Waals surface area (Å²) in [6, 6.07) is 0.443. The Bertz CT molecular complexity index is 407. The molecule has 0 aromatic heterocycles. The summed E-state index contributed by atoms with van der Waals surface area (Å²) in [6.07, 6.45) is 3.86. The van der Waals surface area contributed by atoms with E-state index < -0.39 is 10.2 Å². The molecule has 21 heavy (non-hydrogen) atoms. The molecular formula is C15H33N3O2S. The van der Waals surface area contributed by atoms with Gasteiger partial charge in [0.1, 0.15) is 0 Å². The Hall–Kier alpha value is -0.170. The van der Waals surface area contributed by atoms with E-state index >= 15 is 0 Å². The SMILES string of the molecule is CCCC(C)(C)NS(=O)(=O)N1CCCC(CNC(C)C)C1. The molecule has 0 aromatic rings. The van der Waals surface area contributed by atoms with Crippen LogP contribution < -0.4 is 10.0 Å². The van der Waals surface area contributed by atoms with Crippen LogP contribution in [-0.2, 0) is 10.2 Å². The minimum atomic E-state index is -3.38. The lowest BCUT2D eigenvalue weighted by Gasteiger charge is -2.35. The molecule has 1 heterocycles. The molecule has 0 saturated carbocycles. The van der Waals surface area contributed by atoms with Gasteiger partial charge in [0.05, 0.1) is 0 Å². The zero-order chi connectivity index (χ0) is 16.1. The molecule has 0 bridgehead atoms. The van der Waals surface area contributed by atoms with E-state index in [1.807, 2.05) is 13.8 Å². The second-order valence-corrected chi connectivity index (χ2v) is 8.84. The van der Waals surface area contributed by atoms with Crippen LogP contribution in [0.25, 0.3) is 0 Å². The molecule has 1 unspecified atom stereocenters. The molecule has 6 heteroatoms. The van der Waals surface area contributed by atoms with Crippen LogP contribution in [0, 0.1) is 5.92 Å². The van der Waals surface area contributed by atoms with Crippen molar-refractivity contribution in [2.75, 3.05) is 19.6 Å². The van der Waals surface area contributed by atoms with Gasteiger partial charge in [0.15, 0.2) is 0 Å². The van der Waals surface area contributed by atoms with Crippen LogP contribution in [0.4, 0.5) is 0 Å². The summed E-state index contributed by atoms with van der Waals surface area (Å²) < 4.78 is 29.6. The molecule has 0 amide bonds. The van der Waals surface area contributed by atoms with E-state index in [9.17, 15) is 8.42 Å². The lowest BCUT2D eigenvalue weighted by atomic mass is 9.99. The number of hydrogen-bond acceptors (Lipinski definition) is 3. The maximum atomic E-state index is 12.6. The average Bonchev–Trinajstić information content (AvgIpc) is 2.35. The minimum absolute atomic E-state index is 0.378. The summed E-state index contributed by atoms with van der Waals surface area (Å²) in [5, 5.41) is 3.41. The fourth-order valence-electron chi connectivity index (χ4n) is 2.90. The van der Waals surface area contributed by atoms with Gasteiger partial charge in [-0.05, 0) is 45.6 Å². The summed E-state index contributed by atoms with van der Waals surface area (Å²) in [7, 11) is -3.38. The van der Waals surface area contributed by atoms with Gasteiger partial charge in [-0.1, -0.05) is 27.2 Å². The molecule has 1 fully saturated rings. The standard InChI is InChI=1S/C15H33N3O2S/c1-6-9-15(4,5)17-21(19,20)18-10-7-8-14(12-18)11-16-13(2)3/h13-14,16-17H,6-12H2,1-5H3. The molecule has 1 atom stereocenters. The fraction of sp³-hybridized carbons (Fsp3) is 1.00. The highest BCUT2D eigenvalue weighted by atomic mass is 32.2. The third-order valence-corrected chi connectivity index (χ3v) is 5.74. The van der Waals surface area contributed by atoms with Gasteiger partial charge in [0.2, 0.25) is 0 Å². The average molecular weight is 320 g/mol. The summed E-state index contributed by atoms with van der Waals surface area (Å²) >= 11 is 0. The highest BCUT2D eigenvalue weighted by molar-refractivity contribution is 7.87. The maximum absolute atomic E-state index is 12.6. The number of hydrogen-bond donors (Lipinski definition) is 2. The molecule has 1 aliphatic rings. The Morgan fingerprint density at radius 3 is 2.57 bits per heavy atom. The van der Waals surface area contributed by atoms with Gasteiger partial charge in [-0.25, -0.2) is 0 Å². The molecule has 5 nitrogen and oxygen atoms in total. The second-order valence-electron chi connectivity index (χ2n) is 7.17. The molecular weight excluding hydrogens is 286 g/mol. The van der Waals surface area contributed by atoms with Crippen molar-refractivity contribution in [3.05, 3.63) is 0 Å². The van der Waals surface area contributed by atoms with E-state index in [1.54, 1.807) is 4.31 Å². The third kappa shape index (κ3) is 6.63. The Labute approximate surface area is 131 Å². The fourth-order valence-corrected chi connectivity index (χ4v) is 4.61. The van der Waals surface area contributed by atoms with Gasteiger partial charge < -0.3 is 5.32 Å². The number of rotatable bonds is 8. The normalized spacial score (nSPS) is 21.9. The maximum Gasteiger partial charge on any atom is 0.279 e. The van der Waals surface area contributed by atoms with Crippen LogP contribution in [0.15, 0.2) is 0 Å². The van der Waals surface area contributed by atoms with Gasteiger partial charge in [-0.15, -0.1) is 0 Å². The van der Waals surface area contributed by atoms with Gasteiger partial charge in [0.25, 0.3) is 10.2 Å². The molecule has 1 saturated heterocycles. The number of nitrogens with one attached hydrogen (secondary N) is 2. The van der Waals surface area contributed by atoms with Gasteiger partial charge in [0, 0.05) is 24.7 Å². The van der Waals surface area contributed by atoms with Crippen LogP contribution in [0.3, 0.4) is 0 Å². The first-order valence-electron chi connectivity index (χ1n) is 8.18. The van der Waals surface area contributed by atoms with Crippen molar-refractivity contribution < 1.29 is 8.42 Å². The highest BCUT2D eigenvalue weighted by Gasteiger charge is 2.32. The van der Waals surface area contributed by atoms with E-state index in [0.29, 0.717) is 25.0 Å². The van der Waals surface area contributed by atoms with Crippen LogP contribution in [0.1, 0.15) is 60.3 Å². The minimum Gasteiger partial charge on any atom is -0.314 e. The monoisotopic (exact) mass is 319 g/mol. The van der Waals surface area contributed by atoms with Crippen LogP contribution >= 0.6 is 0 Å². The number of nitrogens with zero attached hydrogens (tertiary/aromatic N) is 1. The molecule has 0 aromatic carbocycles.